The smallest absolute Gasteiger partial charge is 0.243 e. The van der Waals surface area contributed by atoms with E-state index in [-0.39, 0.29) is 0 Å². The second-order valence-corrected chi connectivity index (χ2v) is 5.58. The minimum Gasteiger partial charge on any atom is -0.376 e. The van der Waals surface area contributed by atoms with Gasteiger partial charge in [0, 0.05) is 12.3 Å². The molecule has 1 N–H and O–H groups in total. The lowest BCUT2D eigenvalue weighted by Gasteiger charge is -2.18. The number of anilines is 1. The van der Waals surface area contributed by atoms with Gasteiger partial charge in [0.25, 0.3) is 0 Å². The van der Waals surface area contributed by atoms with Crippen LogP contribution in [0.2, 0.25) is 0 Å². The summed E-state index contributed by atoms with van der Waals surface area (Å²) >= 11 is 0. The Kier molecular flexibility index (Phi) is 2.48. The third-order valence-corrected chi connectivity index (χ3v) is 4.09. The molecule has 100 valence electrons. The number of hydrogen-bond acceptors (Lipinski definition) is 4. The lowest BCUT2D eigenvalue weighted by Crippen LogP contribution is -2.31. The van der Waals surface area contributed by atoms with Crippen molar-refractivity contribution in [3.05, 3.63) is 23.9 Å². The number of nitrogens with zero attached hydrogens (tertiary/aromatic N) is 3. The highest BCUT2D eigenvalue weighted by Crippen LogP contribution is 2.39. The number of aryl methyl sites for hydroxylation is 1. The summed E-state index contributed by atoms with van der Waals surface area (Å²) in [6, 6.07) is 6.39. The van der Waals surface area contributed by atoms with Crippen LogP contribution in [0.3, 0.4) is 0 Å². The first-order chi connectivity index (χ1) is 9.31. The van der Waals surface area contributed by atoms with Crippen molar-refractivity contribution in [2.24, 2.45) is 5.92 Å². The summed E-state index contributed by atoms with van der Waals surface area (Å²) in [6.07, 6.45) is 4.02. The highest BCUT2D eigenvalue weighted by molar-refractivity contribution is 5.45. The molecule has 0 radical (unpaired) electrons. The summed E-state index contributed by atoms with van der Waals surface area (Å²) in [5.74, 6) is 1.47. The molecule has 1 saturated carbocycles. The van der Waals surface area contributed by atoms with E-state index in [1.165, 1.54) is 12.8 Å². The van der Waals surface area contributed by atoms with E-state index < -0.39 is 0 Å². The third-order valence-electron chi connectivity index (χ3n) is 4.09. The van der Waals surface area contributed by atoms with Crippen LogP contribution in [0.15, 0.2) is 18.2 Å². The van der Waals surface area contributed by atoms with E-state index >= 15 is 0 Å². The highest BCUT2D eigenvalue weighted by atomic mass is 16.5. The number of aromatic nitrogens is 3. The highest BCUT2D eigenvalue weighted by Gasteiger charge is 2.40. The van der Waals surface area contributed by atoms with Gasteiger partial charge in [0.1, 0.15) is 0 Å². The van der Waals surface area contributed by atoms with Gasteiger partial charge in [0.15, 0.2) is 5.65 Å². The molecule has 2 aromatic heterocycles. The molecule has 0 bridgehead atoms. The maximum Gasteiger partial charge on any atom is 0.243 e. The average molecular weight is 258 g/mol. The van der Waals surface area contributed by atoms with Crippen LogP contribution >= 0.6 is 0 Å². The second-order valence-electron chi connectivity index (χ2n) is 5.58. The average Bonchev–Trinajstić information content (AvgIpc) is 2.99. The maximum absolute atomic E-state index is 5.83. The molecule has 0 aromatic carbocycles. The minimum atomic E-state index is 0.354. The monoisotopic (exact) mass is 258 g/mol. The van der Waals surface area contributed by atoms with Gasteiger partial charge in [-0.15, -0.1) is 5.10 Å². The lowest BCUT2D eigenvalue weighted by molar-refractivity contribution is 0.0897. The molecule has 1 aliphatic carbocycles. The summed E-state index contributed by atoms with van der Waals surface area (Å²) < 4.78 is 7.71. The van der Waals surface area contributed by atoms with Gasteiger partial charge in [-0.1, -0.05) is 6.07 Å². The standard InChI is InChI=1S/C14H18N4O/c1-9-3-2-4-12-16-14(17-18(9)12)15-11-7-8-19-13(11)10-5-6-10/h2-4,10-11,13H,5-8H2,1H3,(H,15,17). The Balaban J connectivity index is 1.59. The van der Waals surface area contributed by atoms with Crippen molar-refractivity contribution in [2.75, 3.05) is 11.9 Å². The van der Waals surface area contributed by atoms with E-state index in [0.29, 0.717) is 12.1 Å². The second kappa shape index (κ2) is 4.20. The van der Waals surface area contributed by atoms with Gasteiger partial charge in [-0.05, 0) is 44.2 Å². The van der Waals surface area contributed by atoms with E-state index in [9.17, 15) is 0 Å². The summed E-state index contributed by atoms with van der Waals surface area (Å²) in [7, 11) is 0. The molecule has 5 heteroatoms. The first kappa shape index (κ1) is 11.2. The van der Waals surface area contributed by atoms with Crippen LogP contribution in [0.1, 0.15) is 25.0 Å². The summed E-state index contributed by atoms with van der Waals surface area (Å²) in [5, 5.41) is 7.99. The predicted molar refractivity (Wildman–Crippen MR) is 72.2 cm³/mol. The van der Waals surface area contributed by atoms with Crippen LogP contribution in [0.25, 0.3) is 5.65 Å². The van der Waals surface area contributed by atoms with Crippen LogP contribution in [-0.2, 0) is 4.74 Å². The topological polar surface area (TPSA) is 51.5 Å². The summed E-state index contributed by atoms with van der Waals surface area (Å²) in [5.41, 5.74) is 1.99. The fraction of sp³-hybridized carbons (Fsp3) is 0.571. The van der Waals surface area contributed by atoms with Crippen LogP contribution in [0.4, 0.5) is 5.95 Å². The quantitative estimate of drug-likeness (QED) is 0.915. The Morgan fingerprint density at radius 3 is 3.00 bits per heavy atom. The molecule has 0 spiro atoms. The van der Waals surface area contributed by atoms with E-state index in [4.69, 9.17) is 4.74 Å². The van der Waals surface area contributed by atoms with Crippen molar-refractivity contribution >= 4 is 11.6 Å². The molecule has 3 heterocycles. The molecular formula is C14H18N4O. The van der Waals surface area contributed by atoms with E-state index in [1.54, 1.807) is 0 Å². The van der Waals surface area contributed by atoms with Gasteiger partial charge in [-0.25, -0.2) is 4.52 Å². The van der Waals surface area contributed by atoms with Crippen LogP contribution in [0.5, 0.6) is 0 Å². The molecule has 5 nitrogen and oxygen atoms in total. The number of fused-ring (bicyclic) bond motifs is 1. The SMILES string of the molecule is Cc1cccc2nc(NC3CCOC3C3CC3)nn12. The van der Waals surface area contributed by atoms with Crippen molar-refractivity contribution in [3.8, 4) is 0 Å². The Morgan fingerprint density at radius 1 is 1.32 bits per heavy atom. The zero-order valence-corrected chi connectivity index (χ0v) is 11.0. The van der Waals surface area contributed by atoms with Crippen molar-refractivity contribution in [1.82, 2.24) is 14.6 Å². The first-order valence-corrected chi connectivity index (χ1v) is 7.02. The molecule has 2 aliphatic rings. The Hall–Kier alpha value is -1.62. The maximum atomic E-state index is 5.83. The summed E-state index contributed by atoms with van der Waals surface area (Å²) in [4.78, 5) is 4.54. The molecule has 1 aliphatic heterocycles. The van der Waals surface area contributed by atoms with Gasteiger partial charge in [0.05, 0.1) is 12.1 Å². The van der Waals surface area contributed by atoms with Crippen LogP contribution in [-0.4, -0.2) is 33.4 Å². The lowest BCUT2D eigenvalue weighted by atomic mass is 10.1. The van der Waals surface area contributed by atoms with Crippen molar-refractivity contribution in [2.45, 2.75) is 38.3 Å². The molecule has 0 amide bonds. The molecule has 2 unspecified atom stereocenters. The Labute approximate surface area is 112 Å². The minimum absolute atomic E-state index is 0.354. The van der Waals surface area contributed by atoms with Crippen molar-refractivity contribution in [1.29, 1.82) is 0 Å². The van der Waals surface area contributed by atoms with Crippen LogP contribution < -0.4 is 5.32 Å². The number of rotatable bonds is 3. The van der Waals surface area contributed by atoms with Gasteiger partial charge in [0.2, 0.25) is 5.95 Å². The fourth-order valence-electron chi connectivity index (χ4n) is 2.92. The first-order valence-electron chi connectivity index (χ1n) is 7.02. The largest absolute Gasteiger partial charge is 0.376 e. The molecule has 19 heavy (non-hydrogen) atoms. The van der Waals surface area contributed by atoms with Crippen LogP contribution in [0, 0.1) is 12.8 Å². The normalized spacial score (nSPS) is 27.0. The van der Waals surface area contributed by atoms with Gasteiger partial charge in [-0.3, -0.25) is 0 Å². The Morgan fingerprint density at radius 2 is 2.21 bits per heavy atom. The molecule has 2 fully saturated rings. The summed E-state index contributed by atoms with van der Waals surface area (Å²) in [6.45, 7) is 2.89. The van der Waals surface area contributed by atoms with Crippen molar-refractivity contribution in [3.63, 3.8) is 0 Å². The third kappa shape index (κ3) is 1.98. The fourth-order valence-corrected chi connectivity index (χ4v) is 2.92. The zero-order chi connectivity index (χ0) is 12.8. The molecule has 2 atom stereocenters. The van der Waals surface area contributed by atoms with E-state index in [2.05, 4.69) is 15.4 Å². The molecular weight excluding hydrogens is 240 g/mol. The Bertz CT molecular complexity index is 605. The van der Waals surface area contributed by atoms with E-state index in [0.717, 1.165) is 36.2 Å². The number of nitrogens with one attached hydrogen (secondary N) is 1. The molecule has 1 saturated heterocycles. The molecule has 2 aromatic rings. The number of ether oxygens (including phenoxy) is 1. The van der Waals surface area contributed by atoms with Gasteiger partial charge in [-0.2, -0.15) is 4.98 Å². The van der Waals surface area contributed by atoms with Gasteiger partial charge >= 0.3 is 0 Å². The predicted octanol–water partition coefficient (Wildman–Crippen LogP) is 2.02. The molecule has 4 rings (SSSR count). The van der Waals surface area contributed by atoms with Crippen molar-refractivity contribution < 1.29 is 4.74 Å². The number of pyridine rings is 1. The number of hydrogen-bond donors (Lipinski definition) is 1. The zero-order valence-electron chi connectivity index (χ0n) is 11.0. The van der Waals surface area contributed by atoms with Gasteiger partial charge < -0.3 is 10.1 Å². The van der Waals surface area contributed by atoms with E-state index in [1.807, 2.05) is 29.6 Å².